The number of hydrogen-bond acceptors (Lipinski definition) is 4. The first-order valence-electron chi connectivity index (χ1n) is 5.24. The van der Waals surface area contributed by atoms with Crippen LogP contribution in [0.4, 0.5) is 5.69 Å². The summed E-state index contributed by atoms with van der Waals surface area (Å²) in [4.78, 5) is 21.1. The molecule has 1 aromatic carbocycles. The van der Waals surface area contributed by atoms with E-state index in [0.29, 0.717) is 12.8 Å². The molecular formula is C11H10ClNO5. The van der Waals surface area contributed by atoms with Crippen LogP contribution in [0.2, 0.25) is 5.02 Å². The van der Waals surface area contributed by atoms with Gasteiger partial charge in [0.2, 0.25) is 0 Å². The lowest BCUT2D eigenvalue weighted by molar-refractivity contribution is -0.384. The Morgan fingerprint density at radius 2 is 2.11 bits per heavy atom. The molecule has 0 saturated heterocycles. The number of carboxylic acid groups (broad SMARTS) is 1. The van der Waals surface area contributed by atoms with Gasteiger partial charge in [-0.05, 0) is 24.5 Å². The summed E-state index contributed by atoms with van der Waals surface area (Å²) in [5.41, 5.74) is -1.35. The number of halogens is 1. The first-order valence-corrected chi connectivity index (χ1v) is 5.61. The molecule has 18 heavy (non-hydrogen) atoms. The van der Waals surface area contributed by atoms with Crippen molar-refractivity contribution in [2.75, 3.05) is 0 Å². The van der Waals surface area contributed by atoms with Gasteiger partial charge in [0.25, 0.3) is 5.69 Å². The number of nitro groups is 1. The van der Waals surface area contributed by atoms with Crippen molar-refractivity contribution in [1.29, 1.82) is 0 Å². The number of aliphatic carboxylic acids is 1. The van der Waals surface area contributed by atoms with Gasteiger partial charge in [0.05, 0.1) is 16.4 Å². The molecule has 2 N–H and O–H groups in total. The number of benzene rings is 1. The predicted molar refractivity (Wildman–Crippen MR) is 62.4 cm³/mol. The normalized spacial score (nSPS) is 18.1. The lowest BCUT2D eigenvalue weighted by Crippen LogP contribution is -2.23. The van der Waals surface area contributed by atoms with E-state index in [2.05, 4.69) is 0 Å². The van der Waals surface area contributed by atoms with Gasteiger partial charge in [0.15, 0.2) is 0 Å². The Hall–Kier alpha value is -1.66. The number of hydrogen-bond donors (Lipinski definition) is 2. The molecular weight excluding hydrogens is 262 g/mol. The second kappa shape index (κ2) is 4.22. The third-order valence-corrected chi connectivity index (χ3v) is 3.54. The minimum atomic E-state index is -1.26. The van der Waals surface area contributed by atoms with Gasteiger partial charge in [-0.15, -0.1) is 0 Å². The third kappa shape index (κ3) is 1.93. The van der Waals surface area contributed by atoms with Crippen LogP contribution >= 0.6 is 11.6 Å². The van der Waals surface area contributed by atoms with E-state index in [4.69, 9.17) is 16.7 Å². The van der Waals surface area contributed by atoms with Crippen LogP contribution in [0.5, 0.6) is 0 Å². The molecule has 7 heteroatoms. The zero-order valence-electron chi connectivity index (χ0n) is 9.17. The number of carbonyl (C=O) groups is 1. The maximum atomic E-state index is 11.1. The van der Waals surface area contributed by atoms with Gasteiger partial charge >= 0.3 is 5.97 Å². The van der Waals surface area contributed by atoms with Crippen LogP contribution in [-0.4, -0.2) is 21.1 Å². The first-order chi connectivity index (χ1) is 8.38. The van der Waals surface area contributed by atoms with Gasteiger partial charge in [-0.3, -0.25) is 14.9 Å². The Labute approximate surface area is 107 Å². The summed E-state index contributed by atoms with van der Waals surface area (Å²) in [5, 5.41) is 29.8. The monoisotopic (exact) mass is 271 g/mol. The molecule has 96 valence electrons. The van der Waals surface area contributed by atoms with Crippen LogP contribution in [0.1, 0.15) is 24.5 Å². The summed E-state index contributed by atoms with van der Waals surface area (Å²) in [6.45, 7) is 0. The van der Waals surface area contributed by atoms with Crippen molar-refractivity contribution >= 4 is 23.3 Å². The Morgan fingerprint density at radius 1 is 1.50 bits per heavy atom. The maximum Gasteiger partial charge on any atom is 0.312 e. The van der Waals surface area contributed by atoms with Crippen LogP contribution in [0.3, 0.4) is 0 Å². The van der Waals surface area contributed by atoms with Crippen molar-refractivity contribution in [3.8, 4) is 0 Å². The van der Waals surface area contributed by atoms with Crippen LogP contribution < -0.4 is 0 Å². The number of carboxylic acids is 1. The van der Waals surface area contributed by atoms with Gasteiger partial charge in [-0.25, -0.2) is 0 Å². The van der Waals surface area contributed by atoms with Crippen LogP contribution in [0, 0.1) is 15.5 Å². The fraction of sp³-hybridized carbons (Fsp3) is 0.364. The van der Waals surface area contributed by atoms with Crippen molar-refractivity contribution in [2.24, 2.45) is 5.41 Å². The molecule has 1 aromatic rings. The van der Waals surface area contributed by atoms with E-state index >= 15 is 0 Å². The quantitative estimate of drug-likeness (QED) is 0.645. The van der Waals surface area contributed by atoms with E-state index in [-0.39, 0.29) is 16.3 Å². The number of aliphatic hydroxyl groups excluding tert-OH is 1. The molecule has 2 rings (SSSR count). The fourth-order valence-electron chi connectivity index (χ4n) is 1.90. The molecule has 0 heterocycles. The second-order valence-corrected chi connectivity index (χ2v) is 4.74. The molecule has 0 amide bonds. The average molecular weight is 272 g/mol. The summed E-state index contributed by atoms with van der Waals surface area (Å²) in [7, 11) is 0. The SMILES string of the molecule is O=C(O)C1(C(O)c2ccc(Cl)c([N+](=O)[O-])c2)CC1. The minimum absolute atomic E-state index is 0.0453. The molecule has 1 aliphatic rings. The maximum absolute atomic E-state index is 11.1. The van der Waals surface area contributed by atoms with Gasteiger partial charge in [-0.1, -0.05) is 17.7 Å². The number of nitrogens with zero attached hydrogens (tertiary/aromatic N) is 1. The lowest BCUT2D eigenvalue weighted by Gasteiger charge is -2.18. The van der Waals surface area contributed by atoms with E-state index in [1.54, 1.807) is 0 Å². The Balaban J connectivity index is 2.38. The zero-order valence-corrected chi connectivity index (χ0v) is 9.92. The summed E-state index contributed by atoms with van der Waals surface area (Å²) in [6.07, 6.45) is -0.536. The summed E-state index contributed by atoms with van der Waals surface area (Å²) < 4.78 is 0. The van der Waals surface area contributed by atoms with Crippen LogP contribution in [-0.2, 0) is 4.79 Å². The van der Waals surface area contributed by atoms with E-state index in [9.17, 15) is 20.0 Å². The Morgan fingerprint density at radius 3 is 2.56 bits per heavy atom. The average Bonchev–Trinajstić information content (AvgIpc) is 3.09. The van der Waals surface area contributed by atoms with E-state index in [1.807, 2.05) is 0 Å². The molecule has 1 fully saturated rings. The first kappa shape index (κ1) is 12.8. The molecule has 0 aliphatic heterocycles. The van der Waals surface area contributed by atoms with Crippen LogP contribution in [0.15, 0.2) is 18.2 Å². The van der Waals surface area contributed by atoms with Gasteiger partial charge in [0, 0.05) is 6.07 Å². The standard InChI is InChI=1S/C11H10ClNO5/c12-7-2-1-6(5-8(7)13(17)18)9(14)11(3-4-11)10(15)16/h1-2,5,9,14H,3-4H2,(H,15,16). The van der Waals surface area contributed by atoms with E-state index in [1.165, 1.54) is 12.1 Å². The van der Waals surface area contributed by atoms with Gasteiger partial charge < -0.3 is 10.2 Å². The highest BCUT2D eigenvalue weighted by Crippen LogP contribution is 2.55. The summed E-state index contributed by atoms with van der Waals surface area (Å²) in [5.74, 6) is -1.09. The smallest absolute Gasteiger partial charge is 0.312 e. The van der Waals surface area contributed by atoms with Crippen molar-refractivity contribution in [3.05, 3.63) is 38.9 Å². The molecule has 1 saturated carbocycles. The zero-order chi connectivity index (χ0) is 13.5. The lowest BCUT2D eigenvalue weighted by atomic mass is 9.93. The molecule has 1 atom stereocenters. The topological polar surface area (TPSA) is 101 Å². The molecule has 6 nitrogen and oxygen atoms in total. The highest BCUT2D eigenvalue weighted by atomic mass is 35.5. The van der Waals surface area contributed by atoms with Crippen molar-refractivity contribution in [1.82, 2.24) is 0 Å². The molecule has 1 aliphatic carbocycles. The highest BCUT2D eigenvalue weighted by Gasteiger charge is 2.56. The Kier molecular flexibility index (Phi) is 3.00. The van der Waals surface area contributed by atoms with Crippen molar-refractivity contribution in [2.45, 2.75) is 18.9 Å². The van der Waals surface area contributed by atoms with Crippen molar-refractivity contribution < 1.29 is 19.9 Å². The third-order valence-electron chi connectivity index (χ3n) is 3.22. The highest BCUT2D eigenvalue weighted by molar-refractivity contribution is 6.32. The molecule has 0 bridgehead atoms. The summed E-state index contributed by atoms with van der Waals surface area (Å²) >= 11 is 5.65. The minimum Gasteiger partial charge on any atom is -0.481 e. The number of aliphatic hydroxyl groups is 1. The van der Waals surface area contributed by atoms with Crippen molar-refractivity contribution in [3.63, 3.8) is 0 Å². The van der Waals surface area contributed by atoms with Gasteiger partial charge in [0.1, 0.15) is 5.02 Å². The largest absolute Gasteiger partial charge is 0.481 e. The number of nitro benzene ring substituents is 1. The molecule has 0 aromatic heterocycles. The fourth-order valence-corrected chi connectivity index (χ4v) is 2.08. The van der Waals surface area contributed by atoms with E-state index in [0.717, 1.165) is 6.07 Å². The van der Waals surface area contributed by atoms with Crippen LogP contribution in [0.25, 0.3) is 0 Å². The van der Waals surface area contributed by atoms with E-state index < -0.39 is 22.4 Å². The Bertz CT molecular complexity index is 526. The van der Waals surface area contributed by atoms with Gasteiger partial charge in [-0.2, -0.15) is 0 Å². The summed E-state index contributed by atoms with van der Waals surface area (Å²) in [6, 6.07) is 3.81. The molecule has 0 spiro atoms. The second-order valence-electron chi connectivity index (χ2n) is 4.33. The predicted octanol–water partition coefficient (Wildman–Crippen LogP) is 2.15. The molecule has 0 radical (unpaired) electrons. The number of rotatable bonds is 4. The molecule has 1 unspecified atom stereocenters.